The summed E-state index contributed by atoms with van der Waals surface area (Å²) < 4.78 is 0. The molecule has 1 atom stereocenters. The van der Waals surface area contributed by atoms with E-state index >= 15 is 0 Å². The standard InChI is InChI=1S/C11H16N2O2/c12-7-6-11(15)13-10(8-14)9-4-2-1-3-5-9/h1-5,10,14H,6-8,12H2,(H,13,15)/t10-/m0/s1. The lowest BCUT2D eigenvalue weighted by Gasteiger charge is -2.16. The lowest BCUT2D eigenvalue weighted by atomic mass is 10.1. The number of carbonyl (C=O) groups excluding carboxylic acids is 1. The molecular formula is C11H16N2O2. The highest BCUT2D eigenvalue weighted by Gasteiger charge is 2.12. The molecule has 4 nitrogen and oxygen atoms in total. The number of hydrogen-bond donors (Lipinski definition) is 3. The lowest BCUT2D eigenvalue weighted by Crippen LogP contribution is -2.31. The minimum absolute atomic E-state index is 0.111. The van der Waals surface area contributed by atoms with Gasteiger partial charge >= 0.3 is 0 Å². The first-order valence-corrected chi connectivity index (χ1v) is 4.93. The maximum Gasteiger partial charge on any atom is 0.221 e. The zero-order valence-corrected chi connectivity index (χ0v) is 8.52. The Kier molecular flexibility index (Phi) is 4.80. The Morgan fingerprint density at radius 1 is 1.40 bits per heavy atom. The van der Waals surface area contributed by atoms with Crippen LogP contribution in [-0.2, 0) is 4.79 Å². The van der Waals surface area contributed by atoms with Crippen LogP contribution >= 0.6 is 0 Å². The second-order valence-corrected chi connectivity index (χ2v) is 3.25. The number of rotatable bonds is 5. The number of carbonyl (C=O) groups is 1. The highest BCUT2D eigenvalue weighted by atomic mass is 16.3. The van der Waals surface area contributed by atoms with Gasteiger partial charge in [-0.1, -0.05) is 30.3 Å². The summed E-state index contributed by atoms with van der Waals surface area (Å²) in [4.78, 5) is 11.3. The second-order valence-electron chi connectivity index (χ2n) is 3.25. The second kappa shape index (κ2) is 6.16. The summed E-state index contributed by atoms with van der Waals surface area (Å²) in [5.41, 5.74) is 6.16. The normalized spacial score (nSPS) is 12.1. The molecule has 0 saturated carbocycles. The average Bonchev–Trinajstić information content (AvgIpc) is 2.27. The highest BCUT2D eigenvalue weighted by molar-refractivity contribution is 5.76. The fourth-order valence-electron chi connectivity index (χ4n) is 1.32. The van der Waals surface area contributed by atoms with Gasteiger partial charge in [-0.3, -0.25) is 4.79 Å². The van der Waals surface area contributed by atoms with Crippen molar-refractivity contribution in [1.29, 1.82) is 0 Å². The molecule has 0 radical (unpaired) electrons. The summed E-state index contributed by atoms with van der Waals surface area (Å²) in [6.07, 6.45) is 0.281. The van der Waals surface area contributed by atoms with Crippen molar-refractivity contribution in [2.75, 3.05) is 13.2 Å². The molecule has 1 rings (SSSR count). The summed E-state index contributed by atoms with van der Waals surface area (Å²) in [6, 6.07) is 9.01. The molecule has 0 bridgehead atoms. The molecule has 0 aromatic heterocycles. The van der Waals surface area contributed by atoms with E-state index in [0.717, 1.165) is 5.56 Å². The van der Waals surface area contributed by atoms with Crippen molar-refractivity contribution in [3.63, 3.8) is 0 Å². The van der Waals surface area contributed by atoms with Gasteiger partial charge in [0.05, 0.1) is 12.6 Å². The van der Waals surface area contributed by atoms with Crippen molar-refractivity contribution in [3.05, 3.63) is 35.9 Å². The molecule has 4 heteroatoms. The number of hydrogen-bond acceptors (Lipinski definition) is 3. The smallest absolute Gasteiger partial charge is 0.221 e. The van der Waals surface area contributed by atoms with Crippen LogP contribution in [0.4, 0.5) is 0 Å². The monoisotopic (exact) mass is 208 g/mol. The van der Waals surface area contributed by atoms with E-state index in [1.165, 1.54) is 0 Å². The fraction of sp³-hybridized carbons (Fsp3) is 0.364. The minimum Gasteiger partial charge on any atom is -0.394 e. The van der Waals surface area contributed by atoms with Gasteiger partial charge in [-0.15, -0.1) is 0 Å². The SMILES string of the molecule is NCCC(=O)N[C@@H](CO)c1ccccc1. The fourth-order valence-corrected chi connectivity index (χ4v) is 1.32. The van der Waals surface area contributed by atoms with Crippen LogP contribution in [0.2, 0.25) is 0 Å². The van der Waals surface area contributed by atoms with Crippen LogP contribution in [-0.4, -0.2) is 24.2 Å². The Bertz CT molecular complexity index is 301. The predicted molar refractivity (Wildman–Crippen MR) is 58.1 cm³/mol. The van der Waals surface area contributed by atoms with Crippen molar-refractivity contribution in [1.82, 2.24) is 5.32 Å². The summed E-state index contributed by atoms with van der Waals surface area (Å²) in [6.45, 7) is 0.207. The molecule has 0 fully saturated rings. The topological polar surface area (TPSA) is 75.4 Å². The van der Waals surface area contributed by atoms with Gasteiger partial charge in [0, 0.05) is 13.0 Å². The molecule has 0 unspecified atom stereocenters. The molecule has 0 aliphatic heterocycles. The van der Waals surface area contributed by atoms with Crippen LogP contribution < -0.4 is 11.1 Å². The van der Waals surface area contributed by atoms with Gasteiger partial charge in [-0.25, -0.2) is 0 Å². The number of nitrogens with two attached hydrogens (primary N) is 1. The number of aliphatic hydroxyl groups excluding tert-OH is 1. The summed E-state index contributed by atoms with van der Waals surface area (Å²) in [5.74, 6) is -0.139. The summed E-state index contributed by atoms with van der Waals surface area (Å²) >= 11 is 0. The van der Waals surface area contributed by atoms with Crippen LogP contribution in [0.15, 0.2) is 30.3 Å². The van der Waals surface area contributed by atoms with Crippen LogP contribution in [0.3, 0.4) is 0 Å². The van der Waals surface area contributed by atoms with Crippen molar-refractivity contribution in [2.45, 2.75) is 12.5 Å². The van der Waals surface area contributed by atoms with Gasteiger partial charge in [-0.2, -0.15) is 0 Å². The first-order valence-electron chi connectivity index (χ1n) is 4.93. The number of aliphatic hydroxyl groups is 1. The van der Waals surface area contributed by atoms with Crippen molar-refractivity contribution < 1.29 is 9.90 Å². The van der Waals surface area contributed by atoms with Gasteiger partial charge in [0.25, 0.3) is 0 Å². The Labute approximate surface area is 89.1 Å². The Balaban J connectivity index is 2.61. The summed E-state index contributed by atoms with van der Waals surface area (Å²) in [7, 11) is 0. The minimum atomic E-state index is -0.342. The Hall–Kier alpha value is -1.39. The first kappa shape index (κ1) is 11.7. The van der Waals surface area contributed by atoms with E-state index in [1.807, 2.05) is 30.3 Å². The van der Waals surface area contributed by atoms with Crippen LogP contribution in [0.25, 0.3) is 0 Å². The number of amides is 1. The maximum atomic E-state index is 11.3. The van der Waals surface area contributed by atoms with Crippen LogP contribution in [0, 0.1) is 0 Å². The Morgan fingerprint density at radius 2 is 2.07 bits per heavy atom. The van der Waals surface area contributed by atoms with Gasteiger partial charge in [0.15, 0.2) is 0 Å². The van der Waals surface area contributed by atoms with E-state index in [9.17, 15) is 4.79 Å². The van der Waals surface area contributed by atoms with Crippen LogP contribution in [0.5, 0.6) is 0 Å². The van der Waals surface area contributed by atoms with Crippen LogP contribution in [0.1, 0.15) is 18.0 Å². The van der Waals surface area contributed by atoms with E-state index < -0.39 is 0 Å². The van der Waals surface area contributed by atoms with E-state index in [4.69, 9.17) is 10.8 Å². The Morgan fingerprint density at radius 3 is 2.60 bits per heavy atom. The summed E-state index contributed by atoms with van der Waals surface area (Å²) in [5, 5.41) is 11.9. The third-order valence-electron chi connectivity index (χ3n) is 2.09. The van der Waals surface area contributed by atoms with Gasteiger partial charge in [-0.05, 0) is 5.56 Å². The van der Waals surface area contributed by atoms with Gasteiger partial charge in [0.2, 0.25) is 5.91 Å². The highest BCUT2D eigenvalue weighted by Crippen LogP contribution is 2.11. The van der Waals surface area contributed by atoms with Crippen molar-refractivity contribution in [2.24, 2.45) is 5.73 Å². The van der Waals surface area contributed by atoms with E-state index in [1.54, 1.807) is 0 Å². The molecule has 1 aromatic rings. The predicted octanol–water partition coefficient (Wildman–Crippen LogP) is 0.185. The first-order chi connectivity index (χ1) is 7.27. The zero-order chi connectivity index (χ0) is 11.1. The molecule has 15 heavy (non-hydrogen) atoms. The molecule has 0 saturated heterocycles. The number of nitrogens with one attached hydrogen (secondary N) is 1. The molecule has 4 N–H and O–H groups in total. The van der Waals surface area contributed by atoms with E-state index in [2.05, 4.69) is 5.32 Å². The lowest BCUT2D eigenvalue weighted by molar-refractivity contribution is -0.121. The zero-order valence-electron chi connectivity index (χ0n) is 8.52. The quantitative estimate of drug-likeness (QED) is 0.646. The molecule has 1 amide bonds. The van der Waals surface area contributed by atoms with Gasteiger partial charge in [0.1, 0.15) is 0 Å². The molecule has 0 aliphatic rings. The third-order valence-corrected chi connectivity index (χ3v) is 2.09. The van der Waals surface area contributed by atoms with Crippen molar-refractivity contribution in [3.8, 4) is 0 Å². The molecular weight excluding hydrogens is 192 g/mol. The van der Waals surface area contributed by atoms with E-state index in [0.29, 0.717) is 6.54 Å². The largest absolute Gasteiger partial charge is 0.394 e. The molecule has 0 spiro atoms. The maximum absolute atomic E-state index is 11.3. The number of benzene rings is 1. The van der Waals surface area contributed by atoms with Crippen molar-refractivity contribution >= 4 is 5.91 Å². The third kappa shape index (κ3) is 3.69. The molecule has 0 heterocycles. The molecule has 82 valence electrons. The molecule has 0 aliphatic carbocycles. The average molecular weight is 208 g/mol. The van der Waals surface area contributed by atoms with E-state index in [-0.39, 0.29) is 25.0 Å². The van der Waals surface area contributed by atoms with Gasteiger partial charge < -0.3 is 16.2 Å². The molecule has 1 aromatic carbocycles.